The summed E-state index contributed by atoms with van der Waals surface area (Å²) in [6.07, 6.45) is 1.48. The molecule has 3 rings (SSSR count). The van der Waals surface area contributed by atoms with Crippen molar-refractivity contribution >= 4 is 39.3 Å². The molecule has 8 nitrogen and oxygen atoms in total. The van der Waals surface area contributed by atoms with Gasteiger partial charge in [0, 0.05) is 23.9 Å². The van der Waals surface area contributed by atoms with Gasteiger partial charge in [0.15, 0.2) is 0 Å². The predicted molar refractivity (Wildman–Crippen MR) is 131 cm³/mol. The largest absolute Gasteiger partial charge is 0.494 e. The molecule has 0 bridgehead atoms. The van der Waals surface area contributed by atoms with E-state index in [-0.39, 0.29) is 17.9 Å². The fraction of sp³-hybridized carbons (Fsp3) is 0.120. The molecule has 0 aliphatic heterocycles. The van der Waals surface area contributed by atoms with Crippen molar-refractivity contribution in [2.75, 3.05) is 11.9 Å². The molecule has 3 aromatic carbocycles. The summed E-state index contributed by atoms with van der Waals surface area (Å²) >= 11 is 3.44. The van der Waals surface area contributed by atoms with E-state index in [1.165, 1.54) is 18.2 Å². The van der Waals surface area contributed by atoms with Crippen LogP contribution in [0.2, 0.25) is 0 Å². The first kappa shape index (κ1) is 24.5. The number of nitrogens with zero attached hydrogens (tertiary/aromatic N) is 2. The first-order valence-electron chi connectivity index (χ1n) is 10.2. The number of ether oxygens (including phenoxy) is 2. The van der Waals surface area contributed by atoms with E-state index in [1.807, 2.05) is 13.0 Å². The Morgan fingerprint density at radius 2 is 1.91 bits per heavy atom. The topological polar surface area (TPSA) is 114 Å². The molecule has 0 spiro atoms. The van der Waals surface area contributed by atoms with E-state index in [1.54, 1.807) is 54.6 Å². The molecule has 0 heterocycles. The van der Waals surface area contributed by atoms with E-state index in [0.29, 0.717) is 33.8 Å². The van der Waals surface area contributed by atoms with Crippen LogP contribution in [-0.2, 0) is 11.4 Å². The van der Waals surface area contributed by atoms with E-state index in [9.17, 15) is 20.2 Å². The number of non-ortho nitro benzene ring substituents is 1. The number of benzene rings is 3. The highest BCUT2D eigenvalue weighted by molar-refractivity contribution is 9.10. The minimum atomic E-state index is -0.536. The summed E-state index contributed by atoms with van der Waals surface area (Å²) in [4.78, 5) is 22.9. The van der Waals surface area contributed by atoms with Gasteiger partial charge in [-0.05, 0) is 76.5 Å². The maximum absolute atomic E-state index is 12.6. The summed E-state index contributed by atoms with van der Waals surface area (Å²) in [5.74, 6) is 0.632. The van der Waals surface area contributed by atoms with Crippen LogP contribution in [-0.4, -0.2) is 17.4 Å². The van der Waals surface area contributed by atoms with Crippen LogP contribution in [0.3, 0.4) is 0 Å². The van der Waals surface area contributed by atoms with Crippen LogP contribution in [0.25, 0.3) is 6.08 Å². The molecule has 3 aromatic rings. The summed E-state index contributed by atoms with van der Waals surface area (Å²) in [5, 5.41) is 22.9. The Kier molecular flexibility index (Phi) is 8.37. The number of rotatable bonds is 9. The van der Waals surface area contributed by atoms with Gasteiger partial charge in [-0.1, -0.05) is 12.1 Å². The lowest BCUT2D eigenvalue weighted by atomic mass is 10.1. The predicted octanol–water partition coefficient (Wildman–Crippen LogP) is 5.88. The SMILES string of the molecule is CCOc1cccc(NC(=O)/C(C#N)=C\c2ccc(OCc3ccc([N+](=O)[O-])cc3)c(Br)c2)c1. The molecule has 0 saturated carbocycles. The number of hydrogen-bond donors (Lipinski definition) is 1. The van der Waals surface area contributed by atoms with Crippen molar-refractivity contribution in [2.45, 2.75) is 13.5 Å². The number of nitro groups is 1. The van der Waals surface area contributed by atoms with Gasteiger partial charge in [-0.25, -0.2) is 0 Å². The lowest BCUT2D eigenvalue weighted by Gasteiger charge is -2.10. The molecule has 0 aliphatic carbocycles. The fourth-order valence-corrected chi connectivity index (χ4v) is 3.45. The van der Waals surface area contributed by atoms with Crippen LogP contribution in [0.5, 0.6) is 11.5 Å². The number of carbonyl (C=O) groups is 1. The first-order chi connectivity index (χ1) is 16.4. The van der Waals surface area contributed by atoms with Crippen molar-refractivity contribution in [1.82, 2.24) is 0 Å². The zero-order valence-corrected chi connectivity index (χ0v) is 19.7. The molecule has 9 heteroatoms. The van der Waals surface area contributed by atoms with Gasteiger partial charge >= 0.3 is 0 Å². The van der Waals surface area contributed by atoms with Gasteiger partial charge in [-0.2, -0.15) is 5.26 Å². The Balaban J connectivity index is 1.67. The van der Waals surface area contributed by atoms with Crippen LogP contribution in [0, 0.1) is 21.4 Å². The highest BCUT2D eigenvalue weighted by Gasteiger charge is 2.11. The molecular formula is C25H20BrN3O5. The molecule has 1 N–H and O–H groups in total. The summed E-state index contributed by atoms with van der Waals surface area (Å²) in [7, 11) is 0. The number of amides is 1. The second kappa shape index (κ2) is 11.6. The Labute approximate surface area is 204 Å². The van der Waals surface area contributed by atoms with E-state index in [2.05, 4.69) is 21.2 Å². The highest BCUT2D eigenvalue weighted by Crippen LogP contribution is 2.28. The molecule has 0 saturated heterocycles. The van der Waals surface area contributed by atoms with Gasteiger partial charge in [0.05, 0.1) is 16.0 Å². The molecule has 0 unspecified atom stereocenters. The standard InChI is InChI=1S/C25H20BrN3O5/c1-2-33-22-5-3-4-20(14-22)28-25(30)19(15-27)12-18-8-11-24(23(26)13-18)34-16-17-6-9-21(10-7-17)29(31)32/h3-14H,2,16H2,1H3,(H,28,30)/b19-12-. The number of anilines is 1. The van der Waals surface area contributed by atoms with Gasteiger partial charge in [0.1, 0.15) is 29.7 Å². The lowest BCUT2D eigenvalue weighted by molar-refractivity contribution is -0.384. The first-order valence-corrected chi connectivity index (χ1v) is 11.0. The number of carbonyl (C=O) groups excluding carboxylic acids is 1. The zero-order valence-electron chi connectivity index (χ0n) is 18.2. The van der Waals surface area contributed by atoms with Crippen LogP contribution in [0.15, 0.2) is 76.8 Å². The maximum atomic E-state index is 12.6. The van der Waals surface area contributed by atoms with Crippen molar-refractivity contribution in [2.24, 2.45) is 0 Å². The molecule has 0 aromatic heterocycles. The van der Waals surface area contributed by atoms with Crippen LogP contribution in [0.4, 0.5) is 11.4 Å². The average Bonchev–Trinajstić information content (AvgIpc) is 2.82. The Bertz CT molecular complexity index is 1270. The monoisotopic (exact) mass is 521 g/mol. The summed E-state index contributed by atoms with van der Waals surface area (Å²) < 4.78 is 11.8. The molecule has 0 fully saturated rings. The van der Waals surface area contributed by atoms with E-state index >= 15 is 0 Å². The number of halogens is 1. The van der Waals surface area contributed by atoms with Crippen molar-refractivity contribution in [3.8, 4) is 17.6 Å². The number of hydrogen-bond acceptors (Lipinski definition) is 6. The Hall–Kier alpha value is -4.16. The van der Waals surface area contributed by atoms with E-state index in [0.717, 1.165) is 5.56 Å². The van der Waals surface area contributed by atoms with Crippen molar-refractivity contribution in [3.05, 3.63) is 98.0 Å². The summed E-state index contributed by atoms with van der Waals surface area (Å²) in [6, 6.07) is 20.1. The third-order valence-corrected chi connectivity index (χ3v) is 5.20. The lowest BCUT2D eigenvalue weighted by Crippen LogP contribution is -2.13. The quantitative estimate of drug-likeness (QED) is 0.162. The smallest absolute Gasteiger partial charge is 0.269 e. The van der Waals surface area contributed by atoms with Crippen LogP contribution in [0.1, 0.15) is 18.1 Å². The number of nitro benzene ring substituents is 1. The number of nitrogens with one attached hydrogen (secondary N) is 1. The van der Waals surface area contributed by atoms with Gasteiger partial charge in [-0.3, -0.25) is 14.9 Å². The molecular weight excluding hydrogens is 502 g/mol. The molecule has 0 radical (unpaired) electrons. The molecule has 34 heavy (non-hydrogen) atoms. The minimum absolute atomic E-state index is 0.0143. The van der Waals surface area contributed by atoms with Crippen molar-refractivity contribution in [3.63, 3.8) is 0 Å². The normalized spacial score (nSPS) is 10.8. The van der Waals surface area contributed by atoms with E-state index < -0.39 is 10.8 Å². The van der Waals surface area contributed by atoms with Crippen LogP contribution < -0.4 is 14.8 Å². The van der Waals surface area contributed by atoms with E-state index in [4.69, 9.17) is 9.47 Å². The number of nitriles is 1. The molecule has 0 atom stereocenters. The van der Waals surface area contributed by atoms with Crippen molar-refractivity contribution in [1.29, 1.82) is 5.26 Å². The van der Waals surface area contributed by atoms with Gasteiger partial charge in [0.25, 0.3) is 11.6 Å². The average molecular weight is 522 g/mol. The minimum Gasteiger partial charge on any atom is -0.494 e. The third kappa shape index (κ3) is 6.67. The highest BCUT2D eigenvalue weighted by atomic mass is 79.9. The molecule has 1 amide bonds. The van der Waals surface area contributed by atoms with Crippen LogP contribution >= 0.6 is 15.9 Å². The third-order valence-electron chi connectivity index (χ3n) is 4.58. The fourth-order valence-electron chi connectivity index (χ4n) is 2.94. The maximum Gasteiger partial charge on any atom is 0.269 e. The Morgan fingerprint density at radius 1 is 1.15 bits per heavy atom. The summed E-state index contributed by atoms with van der Waals surface area (Å²) in [6.45, 7) is 2.59. The molecule has 0 aliphatic rings. The molecule has 172 valence electrons. The Morgan fingerprint density at radius 3 is 2.56 bits per heavy atom. The summed E-state index contributed by atoms with van der Waals surface area (Å²) in [5.41, 5.74) is 1.88. The second-order valence-electron chi connectivity index (χ2n) is 6.99. The van der Waals surface area contributed by atoms with Gasteiger partial charge in [0.2, 0.25) is 0 Å². The van der Waals surface area contributed by atoms with Crippen molar-refractivity contribution < 1.29 is 19.2 Å². The van der Waals surface area contributed by atoms with Gasteiger partial charge < -0.3 is 14.8 Å². The van der Waals surface area contributed by atoms with Gasteiger partial charge in [-0.15, -0.1) is 0 Å². The second-order valence-corrected chi connectivity index (χ2v) is 7.84. The zero-order chi connectivity index (χ0) is 24.5.